The fourth-order valence-electron chi connectivity index (χ4n) is 10.5. The van der Waals surface area contributed by atoms with Crippen molar-refractivity contribution in [3.63, 3.8) is 0 Å². The van der Waals surface area contributed by atoms with Crippen molar-refractivity contribution in [1.29, 1.82) is 0 Å². The zero-order chi connectivity index (χ0) is 48.5. The van der Waals surface area contributed by atoms with E-state index in [-0.39, 0.29) is 5.41 Å². The lowest BCUT2D eigenvalue weighted by atomic mass is 9.70. The van der Waals surface area contributed by atoms with Crippen molar-refractivity contribution < 1.29 is 0 Å². The quantitative estimate of drug-likeness (QED) is 0.106. The third kappa shape index (κ3) is 18.7. The summed E-state index contributed by atoms with van der Waals surface area (Å²) in [7, 11) is 0. The molecule has 2 aromatic rings. The third-order valence-corrected chi connectivity index (χ3v) is 14.5. The molecule has 0 N–H and O–H groups in total. The van der Waals surface area contributed by atoms with Crippen LogP contribution in [0.3, 0.4) is 0 Å². The zero-order valence-electron chi connectivity index (χ0n) is 45.4. The van der Waals surface area contributed by atoms with Gasteiger partial charge in [-0.3, -0.25) is 0 Å². The average Bonchev–Trinajstić information content (AvgIpc) is 3.38. The fraction of sp³-hybridized carbons (Fsp3) is 0.569. The predicted octanol–water partition coefficient (Wildman–Crippen LogP) is 20.9. The predicted molar refractivity (Wildman–Crippen MR) is 296 cm³/mol. The molecule has 0 aromatic heterocycles. The molecule has 5 rings (SSSR count). The van der Waals surface area contributed by atoms with E-state index in [1.165, 1.54) is 141 Å². The van der Waals surface area contributed by atoms with Gasteiger partial charge in [0.25, 0.3) is 0 Å². The normalized spacial score (nSPS) is 19.4. The number of hydrogen-bond acceptors (Lipinski definition) is 1. The lowest BCUT2D eigenvalue weighted by Gasteiger charge is -2.36. The Kier molecular flexibility index (Phi) is 21.6. The maximum atomic E-state index is 2.59. The number of unbranched alkanes of at least 4 members (excludes halogenated alkanes) is 2. The van der Waals surface area contributed by atoms with Crippen LogP contribution in [0.1, 0.15) is 210 Å². The van der Waals surface area contributed by atoms with E-state index in [4.69, 9.17) is 0 Å². The lowest BCUT2D eigenvalue weighted by Crippen LogP contribution is -2.25. The fourth-order valence-corrected chi connectivity index (χ4v) is 10.5. The Morgan fingerprint density at radius 1 is 0.818 bits per heavy atom. The van der Waals surface area contributed by atoms with Crippen molar-refractivity contribution in [2.45, 2.75) is 213 Å². The molecule has 3 aliphatic rings. The van der Waals surface area contributed by atoms with Crippen molar-refractivity contribution in [2.75, 3.05) is 4.90 Å². The molecule has 3 aliphatic carbocycles. The molecule has 0 bridgehead atoms. The zero-order valence-corrected chi connectivity index (χ0v) is 45.4. The van der Waals surface area contributed by atoms with Crippen LogP contribution in [0.5, 0.6) is 0 Å². The van der Waals surface area contributed by atoms with Gasteiger partial charge in [0.2, 0.25) is 0 Å². The van der Waals surface area contributed by atoms with Crippen molar-refractivity contribution in [3.05, 3.63) is 153 Å². The lowest BCUT2D eigenvalue weighted by molar-refractivity contribution is 0.152. The second-order valence-corrected chi connectivity index (χ2v) is 23.7. The van der Waals surface area contributed by atoms with Gasteiger partial charge in [-0.05, 0) is 216 Å². The molecule has 0 aliphatic heterocycles. The van der Waals surface area contributed by atoms with Gasteiger partial charge >= 0.3 is 0 Å². The first-order valence-corrected chi connectivity index (χ1v) is 26.6. The molecule has 66 heavy (non-hydrogen) atoms. The first-order valence-electron chi connectivity index (χ1n) is 26.6. The van der Waals surface area contributed by atoms with E-state index in [0.29, 0.717) is 10.8 Å². The summed E-state index contributed by atoms with van der Waals surface area (Å²) in [5.41, 5.74) is 18.0. The average molecular weight is 892 g/mol. The Bertz CT molecular complexity index is 2050. The first kappa shape index (κ1) is 54.8. The van der Waals surface area contributed by atoms with Crippen LogP contribution < -0.4 is 4.90 Å². The van der Waals surface area contributed by atoms with Crippen LogP contribution >= 0.6 is 0 Å². The molecule has 1 nitrogen and oxygen atoms in total. The van der Waals surface area contributed by atoms with Crippen LogP contribution in [-0.4, -0.2) is 0 Å². The molecular weight excluding hydrogens is 795 g/mol. The summed E-state index contributed by atoms with van der Waals surface area (Å²) in [6.45, 7) is 35.0. The molecule has 362 valence electrons. The molecule has 1 heteroatoms. The van der Waals surface area contributed by atoms with Gasteiger partial charge in [-0.2, -0.15) is 0 Å². The van der Waals surface area contributed by atoms with Crippen LogP contribution in [0.4, 0.5) is 11.4 Å². The van der Waals surface area contributed by atoms with Gasteiger partial charge in [-0.15, -0.1) is 0 Å². The highest BCUT2D eigenvalue weighted by atomic mass is 15.1. The van der Waals surface area contributed by atoms with Gasteiger partial charge in [0.05, 0.1) is 0 Å². The van der Waals surface area contributed by atoms with Crippen molar-refractivity contribution in [2.24, 2.45) is 28.1 Å². The molecule has 0 radical (unpaired) electrons. The molecule has 2 aromatic carbocycles. The number of rotatable bonds is 18. The largest absolute Gasteiger partial charge is 0.314 e. The number of nitrogens with zero attached hydrogens (tertiary/aromatic N) is 1. The number of aryl methyl sites for hydroxylation is 2. The van der Waals surface area contributed by atoms with Crippen LogP contribution in [0, 0.1) is 41.9 Å². The standard InChI is InChI=1S/C33H56.C32H41N/c1-9-29-24-28(22-21-27-16-11-10-15-26(2)23-27)17-14-19-30(29)18-12-13-20-31(33(6,7)8)25-32(3,4)5;1-8-9-12-24(2)19-29-22-28(23-32(29,6)7)18-17-27(5)33(30-15-10-13-25(3)20-30)31-16-11-14-26(4)21-31/h17,19,23-24,27,31H,9-16,18,20-22,25H2,1-8H3;10-11,13-22H,8-9,12,23H2,1-7H3/b;24-19-,27-17+,28-18-. The third-order valence-electron chi connectivity index (χ3n) is 14.5. The highest BCUT2D eigenvalue weighted by Crippen LogP contribution is 2.43. The van der Waals surface area contributed by atoms with Gasteiger partial charge in [-0.1, -0.05) is 172 Å². The Labute approximate surface area is 408 Å². The number of anilines is 2. The van der Waals surface area contributed by atoms with E-state index in [0.717, 1.165) is 24.7 Å². The van der Waals surface area contributed by atoms with Crippen LogP contribution in [0.2, 0.25) is 0 Å². The van der Waals surface area contributed by atoms with Crippen molar-refractivity contribution in [3.8, 4) is 0 Å². The van der Waals surface area contributed by atoms with E-state index >= 15 is 0 Å². The van der Waals surface area contributed by atoms with Gasteiger partial charge in [0.15, 0.2) is 0 Å². The monoisotopic (exact) mass is 892 g/mol. The summed E-state index contributed by atoms with van der Waals surface area (Å²) in [5.74, 6) is 1.61. The molecular formula is C65H97N. The smallest absolute Gasteiger partial charge is 0.0460 e. The van der Waals surface area contributed by atoms with Gasteiger partial charge in [0.1, 0.15) is 0 Å². The molecule has 2 atom stereocenters. The molecule has 0 heterocycles. The minimum absolute atomic E-state index is 0.188. The van der Waals surface area contributed by atoms with E-state index < -0.39 is 0 Å². The van der Waals surface area contributed by atoms with E-state index in [2.05, 4.69) is 206 Å². The van der Waals surface area contributed by atoms with E-state index in [1.807, 2.05) is 0 Å². The Morgan fingerprint density at radius 2 is 1.50 bits per heavy atom. The van der Waals surface area contributed by atoms with Crippen molar-refractivity contribution in [1.82, 2.24) is 0 Å². The van der Waals surface area contributed by atoms with Gasteiger partial charge in [-0.25, -0.2) is 0 Å². The van der Waals surface area contributed by atoms with E-state index in [1.54, 1.807) is 22.3 Å². The molecule has 0 fully saturated rings. The number of hydrogen-bond donors (Lipinski definition) is 0. The second kappa shape index (κ2) is 26.1. The number of allylic oxidation sites excluding steroid dienone is 16. The van der Waals surface area contributed by atoms with Crippen LogP contribution in [0.25, 0.3) is 0 Å². The summed E-state index contributed by atoms with van der Waals surface area (Å²) in [6.07, 6.45) is 41.5. The minimum atomic E-state index is 0.188. The van der Waals surface area contributed by atoms with E-state index in [9.17, 15) is 0 Å². The molecule has 0 saturated heterocycles. The van der Waals surface area contributed by atoms with Gasteiger partial charge < -0.3 is 4.90 Å². The summed E-state index contributed by atoms with van der Waals surface area (Å²) in [4.78, 5) is 2.36. The van der Waals surface area contributed by atoms with Crippen LogP contribution in [0.15, 0.2) is 142 Å². The van der Waals surface area contributed by atoms with Gasteiger partial charge in [0, 0.05) is 17.1 Å². The molecule has 0 amide bonds. The first-order chi connectivity index (χ1) is 31.2. The minimum Gasteiger partial charge on any atom is -0.314 e. The SMILES string of the molecule is CCC1=CC(CCC2C=C(C)CCCC2)=CCC=C1CCCCC(CC(C)(C)C)C(C)(C)C.CCCC/C(C)=C\C1=CC(=C/C=C(\C)N(c2cccc(C)c2)c2cccc(C)c2)/CC1(C)C. The number of benzene rings is 2. The van der Waals surface area contributed by atoms with Crippen LogP contribution in [-0.2, 0) is 0 Å². The Morgan fingerprint density at radius 3 is 2.11 bits per heavy atom. The Hall–Kier alpha value is -3.84. The Balaban J connectivity index is 0.000000289. The summed E-state index contributed by atoms with van der Waals surface area (Å²) in [5, 5.41) is 0. The molecule has 0 saturated carbocycles. The van der Waals surface area contributed by atoms with Crippen molar-refractivity contribution >= 4 is 11.4 Å². The summed E-state index contributed by atoms with van der Waals surface area (Å²) >= 11 is 0. The summed E-state index contributed by atoms with van der Waals surface area (Å²) in [6, 6.07) is 17.5. The molecule has 0 spiro atoms. The maximum absolute atomic E-state index is 2.59. The summed E-state index contributed by atoms with van der Waals surface area (Å²) < 4.78 is 0. The maximum Gasteiger partial charge on any atom is 0.0460 e. The second-order valence-electron chi connectivity index (χ2n) is 23.7. The highest BCUT2D eigenvalue weighted by molar-refractivity contribution is 5.69. The topological polar surface area (TPSA) is 3.24 Å². The highest BCUT2D eigenvalue weighted by Gasteiger charge is 2.30. The molecule has 2 unspecified atom stereocenters.